The summed E-state index contributed by atoms with van der Waals surface area (Å²) >= 11 is 0. The molecule has 0 aliphatic carbocycles. The van der Waals surface area contributed by atoms with Crippen molar-refractivity contribution >= 4 is 11.7 Å². The summed E-state index contributed by atoms with van der Waals surface area (Å²) in [7, 11) is 0. The van der Waals surface area contributed by atoms with Crippen molar-refractivity contribution in [2.75, 3.05) is 25.2 Å². The van der Waals surface area contributed by atoms with Gasteiger partial charge in [0.15, 0.2) is 11.5 Å². The minimum absolute atomic E-state index is 0.0785. The molecule has 2 aliphatic heterocycles. The Hall–Kier alpha value is -2.70. The van der Waals surface area contributed by atoms with E-state index in [2.05, 4.69) is 28.0 Å². The molecule has 7 heteroatoms. The summed E-state index contributed by atoms with van der Waals surface area (Å²) in [5.74, 6) is 2.77. The van der Waals surface area contributed by atoms with Gasteiger partial charge >= 0.3 is 6.03 Å². The number of urea groups is 1. The van der Waals surface area contributed by atoms with Crippen molar-refractivity contribution in [1.82, 2.24) is 14.5 Å². The Labute approximate surface area is 159 Å². The van der Waals surface area contributed by atoms with Crippen molar-refractivity contribution in [3.05, 3.63) is 36.4 Å². The molecule has 1 N–H and O–H groups in total. The number of nitrogens with zero attached hydrogens (tertiary/aromatic N) is 3. The van der Waals surface area contributed by atoms with E-state index in [4.69, 9.17) is 9.47 Å². The third-order valence-corrected chi connectivity index (χ3v) is 5.20. The molecule has 2 aromatic rings. The molecule has 1 fully saturated rings. The number of carbonyl (C=O) groups excluding carboxylic acids is 1. The molecule has 3 heterocycles. The standard InChI is InChI=1S/C20H26N4O3/c1-2-3-9-23-11-8-21-19(23)15-5-4-10-24(13-15)20(25)22-16-6-7-17-18(12-16)27-14-26-17/h6-8,11-12,15H,2-5,9-10,13-14H2,1H3,(H,22,25)/t15-/m0/s1. The number of fused-ring (bicyclic) bond motifs is 1. The van der Waals surface area contributed by atoms with Crippen LogP contribution >= 0.6 is 0 Å². The van der Waals surface area contributed by atoms with Gasteiger partial charge < -0.3 is 24.3 Å². The second kappa shape index (κ2) is 7.90. The van der Waals surface area contributed by atoms with Gasteiger partial charge in [0.2, 0.25) is 6.79 Å². The van der Waals surface area contributed by atoms with E-state index in [1.54, 1.807) is 6.07 Å². The highest BCUT2D eigenvalue weighted by Gasteiger charge is 2.27. The van der Waals surface area contributed by atoms with Crippen LogP contribution < -0.4 is 14.8 Å². The number of hydrogen-bond donors (Lipinski definition) is 1. The lowest BCUT2D eigenvalue weighted by Crippen LogP contribution is -2.42. The van der Waals surface area contributed by atoms with Crippen LogP contribution in [0, 0.1) is 0 Å². The maximum absolute atomic E-state index is 12.8. The molecule has 4 rings (SSSR count). The largest absolute Gasteiger partial charge is 0.454 e. The summed E-state index contributed by atoms with van der Waals surface area (Å²) in [6.07, 6.45) is 8.28. The summed E-state index contributed by atoms with van der Waals surface area (Å²) in [5.41, 5.74) is 0.718. The first-order chi connectivity index (χ1) is 13.2. The SMILES string of the molecule is CCCCn1ccnc1[C@H]1CCCN(C(=O)Nc2ccc3c(c2)OCO3)C1. The Bertz CT molecular complexity index is 804. The fourth-order valence-corrected chi connectivity index (χ4v) is 3.75. The molecule has 144 valence electrons. The molecular weight excluding hydrogens is 344 g/mol. The van der Waals surface area contributed by atoms with E-state index in [-0.39, 0.29) is 18.7 Å². The van der Waals surface area contributed by atoms with Gasteiger partial charge in [-0.15, -0.1) is 0 Å². The molecule has 1 saturated heterocycles. The number of nitrogens with one attached hydrogen (secondary N) is 1. The van der Waals surface area contributed by atoms with E-state index in [1.165, 1.54) is 0 Å². The third kappa shape index (κ3) is 3.86. The summed E-state index contributed by atoms with van der Waals surface area (Å²) in [6, 6.07) is 5.38. The molecule has 1 aromatic carbocycles. The summed E-state index contributed by atoms with van der Waals surface area (Å²) in [4.78, 5) is 19.2. The average molecular weight is 370 g/mol. The monoisotopic (exact) mass is 370 g/mol. The van der Waals surface area contributed by atoms with Crippen molar-refractivity contribution in [2.24, 2.45) is 0 Å². The molecular formula is C20H26N4O3. The minimum atomic E-state index is -0.0785. The van der Waals surface area contributed by atoms with Crippen LogP contribution in [0.3, 0.4) is 0 Å². The van der Waals surface area contributed by atoms with Gasteiger partial charge in [-0.2, -0.15) is 0 Å². The van der Waals surface area contributed by atoms with Crippen LogP contribution in [0.2, 0.25) is 0 Å². The molecule has 0 bridgehead atoms. The highest BCUT2D eigenvalue weighted by Crippen LogP contribution is 2.34. The van der Waals surface area contributed by atoms with Crippen molar-refractivity contribution < 1.29 is 14.3 Å². The normalized spacial score (nSPS) is 18.6. The van der Waals surface area contributed by atoms with Crippen LogP contribution in [0.1, 0.15) is 44.3 Å². The zero-order valence-corrected chi connectivity index (χ0v) is 15.7. The highest BCUT2D eigenvalue weighted by atomic mass is 16.7. The van der Waals surface area contributed by atoms with Crippen LogP contribution in [-0.2, 0) is 6.54 Å². The average Bonchev–Trinajstić information content (AvgIpc) is 3.35. The number of imidazole rings is 1. The van der Waals surface area contributed by atoms with Crippen LogP contribution in [0.25, 0.3) is 0 Å². The Morgan fingerprint density at radius 1 is 1.33 bits per heavy atom. The predicted molar refractivity (Wildman–Crippen MR) is 102 cm³/mol. The van der Waals surface area contributed by atoms with E-state index in [0.29, 0.717) is 18.0 Å². The van der Waals surface area contributed by atoms with Crippen molar-refractivity contribution in [1.29, 1.82) is 0 Å². The Balaban J connectivity index is 1.40. The predicted octanol–water partition coefficient (Wildman–Crippen LogP) is 3.82. The van der Waals surface area contributed by atoms with Gasteiger partial charge in [0, 0.05) is 49.7 Å². The van der Waals surface area contributed by atoms with E-state index < -0.39 is 0 Å². The molecule has 7 nitrogen and oxygen atoms in total. The Morgan fingerprint density at radius 2 is 2.22 bits per heavy atom. The van der Waals surface area contributed by atoms with E-state index in [0.717, 1.165) is 50.3 Å². The Kier molecular flexibility index (Phi) is 5.18. The second-order valence-corrected chi connectivity index (χ2v) is 7.12. The van der Waals surface area contributed by atoms with Gasteiger partial charge in [0.1, 0.15) is 5.82 Å². The van der Waals surface area contributed by atoms with Crippen LogP contribution in [0.15, 0.2) is 30.6 Å². The number of anilines is 1. The van der Waals surface area contributed by atoms with E-state index in [9.17, 15) is 4.79 Å². The van der Waals surface area contributed by atoms with Gasteiger partial charge in [-0.1, -0.05) is 13.3 Å². The fraction of sp³-hybridized carbons (Fsp3) is 0.500. The number of unbranched alkanes of at least 4 members (excludes halogenated alkanes) is 1. The highest BCUT2D eigenvalue weighted by molar-refractivity contribution is 5.89. The molecule has 0 unspecified atom stereocenters. The number of likely N-dealkylation sites (tertiary alicyclic amines) is 1. The topological polar surface area (TPSA) is 68.6 Å². The van der Waals surface area contributed by atoms with E-state index in [1.807, 2.05) is 23.2 Å². The Morgan fingerprint density at radius 3 is 3.11 bits per heavy atom. The first kappa shape index (κ1) is 17.7. The maximum atomic E-state index is 12.8. The van der Waals surface area contributed by atoms with Crippen molar-refractivity contribution in [2.45, 2.75) is 45.1 Å². The summed E-state index contributed by atoms with van der Waals surface area (Å²) in [6.45, 7) is 4.87. The number of aryl methyl sites for hydroxylation is 1. The number of ether oxygens (including phenoxy) is 2. The number of amides is 2. The lowest BCUT2D eigenvalue weighted by molar-refractivity contribution is 0.174. The fourth-order valence-electron chi connectivity index (χ4n) is 3.75. The van der Waals surface area contributed by atoms with Crippen LogP contribution in [0.4, 0.5) is 10.5 Å². The number of aromatic nitrogens is 2. The van der Waals surface area contributed by atoms with Gasteiger partial charge in [0.05, 0.1) is 0 Å². The first-order valence-electron chi connectivity index (χ1n) is 9.71. The smallest absolute Gasteiger partial charge is 0.321 e. The van der Waals surface area contributed by atoms with Crippen molar-refractivity contribution in [3.8, 4) is 11.5 Å². The zero-order chi connectivity index (χ0) is 18.6. The number of piperidine rings is 1. The van der Waals surface area contributed by atoms with Gasteiger partial charge in [-0.05, 0) is 31.4 Å². The summed E-state index contributed by atoms with van der Waals surface area (Å²) < 4.78 is 12.9. The second-order valence-electron chi connectivity index (χ2n) is 7.12. The molecule has 1 atom stereocenters. The lowest BCUT2D eigenvalue weighted by Gasteiger charge is -2.32. The zero-order valence-electron chi connectivity index (χ0n) is 15.7. The number of benzene rings is 1. The molecule has 0 spiro atoms. The van der Waals surface area contributed by atoms with Crippen LogP contribution in [0.5, 0.6) is 11.5 Å². The van der Waals surface area contributed by atoms with Gasteiger partial charge in [-0.3, -0.25) is 0 Å². The molecule has 2 amide bonds. The number of carbonyl (C=O) groups is 1. The molecule has 0 saturated carbocycles. The number of rotatable bonds is 5. The lowest BCUT2D eigenvalue weighted by atomic mass is 9.97. The quantitative estimate of drug-likeness (QED) is 0.869. The molecule has 0 radical (unpaired) electrons. The molecule has 2 aliphatic rings. The van der Waals surface area contributed by atoms with Gasteiger partial charge in [0.25, 0.3) is 0 Å². The van der Waals surface area contributed by atoms with Gasteiger partial charge in [-0.25, -0.2) is 9.78 Å². The summed E-state index contributed by atoms with van der Waals surface area (Å²) in [5, 5.41) is 2.98. The first-order valence-corrected chi connectivity index (χ1v) is 9.71. The minimum Gasteiger partial charge on any atom is -0.454 e. The number of hydrogen-bond acceptors (Lipinski definition) is 4. The third-order valence-electron chi connectivity index (χ3n) is 5.20. The maximum Gasteiger partial charge on any atom is 0.321 e. The van der Waals surface area contributed by atoms with Crippen LogP contribution in [-0.4, -0.2) is 40.4 Å². The van der Waals surface area contributed by atoms with Crippen molar-refractivity contribution in [3.63, 3.8) is 0 Å². The molecule has 27 heavy (non-hydrogen) atoms. The molecule has 1 aromatic heterocycles. The van der Waals surface area contributed by atoms with E-state index >= 15 is 0 Å².